The van der Waals surface area contributed by atoms with Gasteiger partial charge in [-0.05, 0) is 118 Å². The molecule has 268 valence electrons. The fraction of sp³-hybridized carbons (Fsp3) is 0.405. The summed E-state index contributed by atoms with van der Waals surface area (Å²) in [7, 11) is 1.66. The molecule has 0 spiro atoms. The van der Waals surface area contributed by atoms with Gasteiger partial charge in [-0.1, -0.05) is 24.3 Å². The first-order valence-corrected chi connectivity index (χ1v) is 19.2. The fourth-order valence-corrected chi connectivity index (χ4v) is 10.5. The summed E-state index contributed by atoms with van der Waals surface area (Å²) < 4.78 is 9.46. The Hall–Kier alpha value is -4.83. The number of fused-ring (bicyclic) bond motifs is 5. The molecular formula is C42H44N4O5S. The Kier molecular flexibility index (Phi) is 7.53. The van der Waals surface area contributed by atoms with Gasteiger partial charge >= 0.3 is 6.09 Å². The van der Waals surface area contributed by atoms with Crippen LogP contribution in [0.15, 0.2) is 54.6 Å². The van der Waals surface area contributed by atoms with Crippen LogP contribution in [0, 0.1) is 18.8 Å². The van der Waals surface area contributed by atoms with E-state index in [0.717, 1.165) is 67.9 Å². The molecule has 0 radical (unpaired) electrons. The Balaban J connectivity index is 1.10. The van der Waals surface area contributed by atoms with Gasteiger partial charge in [0.1, 0.15) is 5.75 Å². The van der Waals surface area contributed by atoms with Crippen LogP contribution in [0.25, 0.3) is 42.7 Å². The van der Waals surface area contributed by atoms with Crippen molar-refractivity contribution in [2.75, 3.05) is 13.7 Å². The maximum atomic E-state index is 14.3. The maximum Gasteiger partial charge on any atom is 0.408 e. The highest BCUT2D eigenvalue weighted by Gasteiger charge is 2.54. The summed E-state index contributed by atoms with van der Waals surface area (Å²) in [4.78, 5) is 43.8. The van der Waals surface area contributed by atoms with Gasteiger partial charge in [-0.15, -0.1) is 11.3 Å². The molecule has 3 aromatic carbocycles. The highest BCUT2D eigenvalue weighted by atomic mass is 32.1. The number of aryl methyl sites for hydroxylation is 1. The molecule has 2 aliphatic carbocycles. The van der Waals surface area contributed by atoms with E-state index in [1.165, 1.54) is 23.7 Å². The Morgan fingerprint density at radius 3 is 2.52 bits per heavy atom. The number of amides is 3. The van der Waals surface area contributed by atoms with E-state index in [0.29, 0.717) is 30.3 Å². The lowest BCUT2D eigenvalue weighted by molar-refractivity contribution is 0.0503. The fourth-order valence-electron chi connectivity index (χ4n) is 9.25. The first kappa shape index (κ1) is 33.0. The molecule has 2 bridgehead atoms. The number of rotatable bonds is 7. The quantitative estimate of drug-likeness (QED) is 0.176. The molecule has 3 amide bonds. The van der Waals surface area contributed by atoms with Crippen LogP contribution in [-0.4, -0.2) is 68.7 Å². The summed E-state index contributed by atoms with van der Waals surface area (Å²) in [5, 5.41) is 15.3. The summed E-state index contributed by atoms with van der Waals surface area (Å²) in [5.74, 6) is 1.37. The SMILES string of the molecule is COc1cc(C(=O)N2CC3CCC2[C@@H]3N(C(=O)O)C(C)(C)C)cc2sc(-c3cc4ccc(-c5ccc6c(c5)C(=O)NC6)cc4n3CC3CC3)c(C)c12. The van der Waals surface area contributed by atoms with Crippen molar-refractivity contribution in [3.05, 3.63) is 76.9 Å². The molecular weight excluding hydrogens is 673 g/mol. The minimum absolute atomic E-state index is 0.0138. The number of hydrogen-bond acceptors (Lipinski definition) is 5. The van der Waals surface area contributed by atoms with Gasteiger partial charge in [0.05, 0.1) is 29.8 Å². The van der Waals surface area contributed by atoms with Crippen LogP contribution < -0.4 is 10.1 Å². The van der Waals surface area contributed by atoms with E-state index in [9.17, 15) is 19.5 Å². The van der Waals surface area contributed by atoms with Crippen molar-refractivity contribution in [2.45, 2.75) is 84.1 Å². The average Bonchev–Trinajstić information content (AvgIpc) is 3.35. The normalized spacial score (nSPS) is 20.9. The number of aromatic nitrogens is 1. The highest BCUT2D eigenvalue weighted by Crippen LogP contribution is 2.48. The van der Waals surface area contributed by atoms with Gasteiger partial charge in [0.25, 0.3) is 11.8 Å². The smallest absolute Gasteiger partial charge is 0.408 e. The van der Waals surface area contributed by atoms with E-state index in [1.807, 2.05) is 43.9 Å². The lowest BCUT2D eigenvalue weighted by atomic mass is 9.98. The van der Waals surface area contributed by atoms with E-state index in [2.05, 4.69) is 53.2 Å². The molecule has 1 saturated heterocycles. The molecule has 2 saturated carbocycles. The van der Waals surface area contributed by atoms with Gasteiger partial charge in [0.2, 0.25) is 0 Å². The Morgan fingerprint density at radius 2 is 1.79 bits per heavy atom. The predicted molar refractivity (Wildman–Crippen MR) is 204 cm³/mol. The van der Waals surface area contributed by atoms with E-state index < -0.39 is 11.6 Å². The zero-order chi connectivity index (χ0) is 36.2. The summed E-state index contributed by atoms with van der Waals surface area (Å²) in [6.07, 6.45) is 3.25. The van der Waals surface area contributed by atoms with Gasteiger partial charge < -0.3 is 24.6 Å². The van der Waals surface area contributed by atoms with Gasteiger partial charge in [0.15, 0.2) is 0 Å². The number of carboxylic acid groups (broad SMARTS) is 1. The van der Waals surface area contributed by atoms with E-state index in [1.54, 1.807) is 23.3 Å². The molecule has 4 aliphatic rings. The number of carbonyl (C=O) groups is 3. The molecule has 2 unspecified atom stereocenters. The average molecular weight is 717 g/mol. The molecule has 4 heterocycles. The van der Waals surface area contributed by atoms with Crippen molar-refractivity contribution in [1.29, 1.82) is 0 Å². The van der Waals surface area contributed by atoms with E-state index in [-0.39, 0.29) is 29.8 Å². The van der Waals surface area contributed by atoms with Crippen molar-refractivity contribution < 1.29 is 24.2 Å². The number of carbonyl (C=O) groups excluding carboxylic acids is 2. The number of thiophene rings is 1. The lowest BCUT2D eigenvalue weighted by Crippen LogP contribution is -2.55. The molecule has 5 aromatic rings. The van der Waals surface area contributed by atoms with Crippen LogP contribution in [-0.2, 0) is 13.1 Å². The molecule has 9 rings (SSSR count). The first-order valence-electron chi connectivity index (χ1n) is 18.4. The zero-order valence-corrected chi connectivity index (χ0v) is 31.1. The lowest BCUT2D eigenvalue weighted by Gasteiger charge is -2.40. The molecule has 3 fully saturated rings. The second kappa shape index (κ2) is 11.8. The van der Waals surface area contributed by atoms with Crippen molar-refractivity contribution in [2.24, 2.45) is 11.8 Å². The van der Waals surface area contributed by atoms with Gasteiger partial charge in [-0.25, -0.2) is 4.79 Å². The van der Waals surface area contributed by atoms with Crippen molar-refractivity contribution in [3.8, 4) is 27.4 Å². The number of hydrogen-bond donors (Lipinski definition) is 2. The summed E-state index contributed by atoms with van der Waals surface area (Å²) >= 11 is 1.70. The number of piperidine rings is 1. The van der Waals surface area contributed by atoms with Crippen LogP contribution in [0.3, 0.4) is 0 Å². The molecule has 9 nitrogen and oxygen atoms in total. The van der Waals surface area contributed by atoms with E-state index >= 15 is 0 Å². The maximum absolute atomic E-state index is 14.3. The second-order valence-corrected chi connectivity index (χ2v) is 17.2. The van der Waals surface area contributed by atoms with Crippen molar-refractivity contribution in [3.63, 3.8) is 0 Å². The highest BCUT2D eigenvalue weighted by molar-refractivity contribution is 7.22. The number of nitrogens with zero attached hydrogens (tertiary/aromatic N) is 3. The molecule has 52 heavy (non-hydrogen) atoms. The summed E-state index contributed by atoms with van der Waals surface area (Å²) in [6, 6.07) is 18.6. The zero-order valence-electron chi connectivity index (χ0n) is 30.3. The first-order chi connectivity index (χ1) is 24.9. The van der Waals surface area contributed by atoms with E-state index in [4.69, 9.17) is 4.74 Å². The molecule has 2 aromatic heterocycles. The van der Waals surface area contributed by atoms with Crippen LogP contribution in [0.5, 0.6) is 5.75 Å². The van der Waals surface area contributed by atoms with Gasteiger partial charge in [0, 0.05) is 57.3 Å². The summed E-state index contributed by atoms with van der Waals surface area (Å²) in [5.41, 5.74) is 7.39. The Morgan fingerprint density at radius 1 is 1.02 bits per heavy atom. The Labute approximate surface area is 307 Å². The molecule has 3 atom stereocenters. The third-order valence-corrected chi connectivity index (χ3v) is 13.2. The minimum Gasteiger partial charge on any atom is -0.496 e. The summed E-state index contributed by atoms with van der Waals surface area (Å²) in [6.45, 7) is 10.0. The van der Waals surface area contributed by atoms with Crippen LogP contribution in [0.2, 0.25) is 0 Å². The second-order valence-electron chi connectivity index (χ2n) is 16.2. The molecule has 10 heteroatoms. The number of benzene rings is 3. The number of methoxy groups -OCH3 is 1. The third kappa shape index (κ3) is 5.20. The number of nitrogens with one attached hydrogen (secondary N) is 1. The van der Waals surface area contributed by atoms with Gasteiger partial charge in [-0.3, -0.25) is 14.5 Å². The Bertz CT molecular complexity index is 2330. The molecule has 2 aliphatic heterocycles. The standard InChI is InChI=1S/C42H44N4O5S/c1-22-36-34(51-5)17-29(40(48)45-21-28-12-13-31(45)37(28)46(41(49)50)42(2,3)4)18-35(36)52-38(22)33-16-26-10-8-25(15-32(26)44(33)20-23-6-7-23)24-9-11-27-19-43-39(47)30(27)14-24/h8-11,14-18,23,28,31,37H,6-7,12-13,19-21H2,1-5H3,(H,43,47)(H,49,50)/t28?,31?,37-/m1/s1. The topological polar surface area (TPSA) is 104 Å². The monoisotopic (exact) mass is 716 g/mol. The third-order valence-electron chi connectivity index (χ3n) is 11.9. The van der Waals surface area contributed by atoms with Crippen LogP contribution in [0.1, 0.15) is 78.3 Å². The van der Waals surface area contributed by atoms with Crippen LogP contribution >= 0.6 is 11.3 Å². The van der Waals surface area contributed by atoms with Crippen molar-refractivity contribution >= 4 is 50.2 Å². The number of likely N-dealkylation sites (tertiary alicyclic amines) is 1. The van der Waals surface area contributed by atoms with Crippen LogP contribution in [0.4, 0.5) is 4.79 Å². The largest absolute Gasteiger partial charge is 0.496 e. The predicted octanol–water partition coefficient (Wildman–Crippen LogP) is 8.54. The van der Waals surface area contributed by atoms with Gasteiger partial charge in [-0.2, -0.15) is 0 Å². The minimum atomic E-state index is -0.930. The molecule has 2 N–H and O–H groups in total. The number of ether oxygens (including phenoxy) is 1. The van der Waals surface area contributed by atoms with Crippen molar-refractivity contribution in [1.82, 2.24) is 19.7 Å².